The first-order valence-electron chi connectivity index (χ1n) is 12.6. The van der Waals surface area contributed by atoms with Crippen LogP contribution in [0.3, 0.4) is 0 Å². The van der Waals surface area contributed by atoms with Crippen molar-refractivity contribution in [1.82, 2.24) is 0 Å². The number of nitro groups is 2. The predicted octanol–water partition coefficient (Wildman–Crippen LogP) is 6.59. The Labute approximate surface area is 267 Å². The van der Waals surface area contributed by atoms with Crippen LogP contribution in [0.15, 0.2) is 83.0 Å². The molecule has 0 aromatic heterocycles. The number of aromatic hydroxyl groups is 4. The van der Waals surface area contributed by atoms with E-state index in [2.05, 4.69) is 21.1 Å². The maximum Gasteiger partial charge on any atom is 0.271 e. The summed E-state index contributed by atoms with van der Waals surface area (Å²) in [4.78, 5) is 23.9. The number of phenols is 4. The molecule has 0 aliphatic heterocycles. The largest absolute Gasteiger partial charge is 0.594 e. The molecule has 0 heterocycles. The van der Waals surface area contributed by atoms with E-state index in [1.54, 1.807) is 30.3 Å². The Kier molecular flexibility index (Phi) is 12.3. The molecule has 0 atom stereocenters. The molecular formula is C28H29CoN8O8-. The van der Waals surface area contributed by atoms with E-state index in [-0.39, 0.29) is 68.2 Å². The maximum atomic E-state index is 10.7. The number of rotatable bonds is 9. The van der Waals surface area contributed by atoms with Crippen molar-refractivity contribution in [1.29, 1.82) is 0 Å². The summed E-state index contributed by atoms with van der Waals surface area (Å²) < 4.78 is 0. The molecule has 16 nitrogen and oxygen atoms in total. The number of phenolic OH excluding ortho intramolecular Hbond substituents is 4. The quantitative estimate of drug-likeness (QED) is 0.0555. The minimum absolute atomic E-state index is 0. The van der Waals surface area contributed by atoms with Crippen LogP contribution in [0.5, 0.6) is 23.0 Å². The van der Waals surface area contributed by atoms with Gasteiger partial charge in [-0.1, -0.05) is 5.69 Å². The van der Waals surface area contributed by atoms with Gasteiger partial charge in [0.05, 0.1) is 15.5 Å². The summed E-state index contributed by atoms with van der Waals surface area (Å²) >= 11 is 0. The average Bonchev–Trinajstić information content (AvgIpc) is 2.97. The van der Waals surface area contributed by atoms with E-state index >= 15 is 0 Å². The van der Waals surface area contributed by atoms with Crippen LogP contribution in [0.4, 0.5) is 45.5 Å². The Hall–Kier alpha value is -5.81. The molecule has 0 unspecified atom stereocenters. The first-order valence-corrected chi connectivity index (χ1v) is 12.6. The number of non-ortho nitro benzene ring substituents is 2. The zero-order valence-electron chi connectivity index (χ0n) is 24.3. The summed E-state index contributed by atoms with van der Waals surface area (Å²) in [5.41, 5.74) is 8.11. The molecule has 0 saturated carbocycles. The van der Waals surface area contributed by atoms with Crippen molar-refractivity contribution in [2.45, 2.75) is 0 Å². The number of hydrogen-bond donors (Lipinski definition) is 5. The van der Waals surface area contributed by atoms with Crippen LogP contribution in [0.25, 0.3) is 5.43 Å². The van der Waals surface area contributed by atoms with Gasteiger partial charge in [-0.3, -0.25) is 20.2 Å². The fourth-order valence-corrected chi connectivity index (χ4v) is 3.42. The molecule has 0 aliphatic rings. The van der Waals surface area contributed by atoms with Gasteiger partial charge in [-0.2, -0.15) is 0 Å². The number of benzene rings is 4. The molecular weight excluding hydrogens is 635 g/mol. The molecule has 4 rings (SSSR count). The van der Waals surface area contributed by atoms with Gasteiger partial charge in [0.2, 0.25) is 0 Å². The van der Waals surface area contributed by atoms with Gasteiger partial charge < -0.3 is 41.1 Å². The normalized spacial score (nSPS) is 10.2. The van der Waals surface area contributed by atoms with Crippen molar-refractivity contribution in [3.05, 3.63) is 98.5 Å². The zero-order chi connectivity index (χ0) is 32.6. The summed E-state index contributed by atoms with van der Waals surface area (Å²) in [5, 5.41) is 68.1. The molecule has 1 radical (unpaired) electrons. The van der Waals surface area contributed by atoms with Crippen molar-refractivity contribution < 1.29 is 47.1 Å². The van der Waals surface area contributed by atoms with Crippen LogP contribution in [-0.4, -0.2) is 58.5 Å². The summed E-state index contributed by atoms with van der Waals surface area (Å²) in [6.45, 7) is 0. The van der Waals surface area contributed by atoms with Gasteiger partial charge in [-0.25, -0.2) is 0 Å². The molecule has 4 aromatic rings. The van der Waals surface area contributed by atoms with Crippen LogP contribution < -0.4 is 15.2 Å². The summed E-state index contributed by atoms with van der Waals surface area (Å²) in [6.07, 6.45) is 0. The van der Waals surface area contributed by atoms with Crippen LogP contribution in [0.1, 0.15) is 0 Å². The van der Waals surface area contributed by atoms with Gasteiger partial charge in [0.1, 0.15) is 34.4 Å². The first kappa shape index (κ1) is 35.4. The third-order valence-corrected chi connectivity index (χ3v) is 5.88. The second kappa shape index (κ2) is 15.6. The molecule has 45 heavy (non-hydrogen) atoms. The molecule has 5 N–H and O–H groups in total. The Morgan fingerprint density at radius 2 is 1.16 bits per heavy atom. The van der Waals surface area contributed by atoms with E-state index in [4.69, 9.17) is 0 Å². The molecule has 239 valence electrons. The van der Waals surface area contributed by atoms with Crippen molar-refractivity contribution in [2.24, 2.45) is 10.2 Å². The molecule has 0 fully saturated rings. The van der Waals surface area contributed by atoms with Gasteiger partial charge in [0, 0.05) is 92.7 Å². The van der Waals surface area contributed by atoms with Crippen molar-refractivity contribution in [3.8, 4) is 23.0 Å². The topological polar surface area (TPSA) is 225 Å². The van der Waals surface area contributed by atoms with E-state index in [0.717, 1.165) is 29.6 Å². The predicted molar refractivity (Wildman–Crippen MR) is 165 cm³/mol. The number of nitro benzene ring substituents is 2. The number of azo groups is 1. The minimum Gasteiger partial charge on any atom is -0.594 e. The molecule has 0 saturated heterocycles. The third kappa shape index (κ3) is 9.60. The van der Waals surface area contributed by atoms with Crippen LogP contribution in [-0.2, 0) is 16.8 Å². The number of hydrogen-bond acceptors (Lipinski definition) is 13. The Balaban J connectivity index is 0.000000307. The molecule has 0 bridgehead atoms. The monoisotopic (exact) mass is 664 g/mol. The van der Waals surface area contributed by atoms with E-state index in [9.17, 15) is 40.7 Å². The van der Waals surface area contributed by atoms with Gasteiger partial charge in [-0.05, 0) is 36.4 Å². The second-order valence-corrected chi connectivity index (χ2v) is 9.45. The molecule has 17 heteroatoms. The number of nitrogens with zero attached hydrogens (tertiary/aromatic N) is 7. The van der Waals surface area contributed by atoms with Gasteiger partial charge >= 0.3 is 0 Å². The first-order chi connectivity index (χ1) is 20.8. The van der Waals surface area contributed by atoms with E-state index in [1.165, 1.54) is 24.3 Å². The maximum absolute atomic E-state index is 10.7. The molecule has 0 spiro atoms. The Morgan fingerprint density at radius 3 is 1.69 bits per heavy atom. The van der Waals surface area contributed by atoms with Gasteiger partial charge in [0.15, 0.2) is 0 Å². The fraction of sp³-hybridized carbons (Fsp3) is 0.143. The standard InChI is InChI=1S/C14H15N4O4.C14H14N4O4.Co/c2*1-17(2)9-3-5-11(14(20)8-9)15-16-12-7-10(18(21)22)4-6-13(12)19;/h3-8,15,19-20H,1-2H3;3-8,19-20H,1-2H3;/q-1;;. The summed E-state index contributed by atoms with van der Waals surface area (Å²) in [7, 11) is 7.34. The number of nitrogens with one attached hydrogen (secondary N) is 1. The van der Waals surface area contributed by atoms with E-state index in [0.29, 0.717) is 5.69 Å². The average molecular weight is 665 g/mol. The molecule has 0 aliphatic carbocycles. The van der Waals surface area contributed by atoms with E-state index in [1.807, 2.05) is 38.0 Å². The molecule has 0 amide bonds. The van der Waals surface area contributed by atoms with Crippen LogP contribution in [0, 0.1) is 20.2 Å². The fourth-order valence-electron chi connectivity index (χ4n) is 3.42. The third-order valence-electron chi connectivity index (χ3n) is 5.88. The summed E-state index contributed by atoms with van der Waals surface area (Å²) in [5.74, 6) is -0.555. The summed E-state index contributed by atoms with van der Waals surface area (Å²) in [6, 6.07) is 16.7. The van der Waals surface area contributed by atoms with Crippen molar-refractivity contribution in [3.63, 3.8) is 0 Å². The molecule has 4 aromatic carbocycles. The van der Waals surface area contributed by atoms with Crippen LogP contribution >= 0.6 is 0 Å². The van der Waals surface area contributed by atoms with Gasteiger partial charge in [0.25, 0.3) is 11.4 Å². The van der Waals surface area contributed by atoms with E-state index < -0.39 is 9.85 Å². The smallest absolute Gasteiger partial charge is 0.271 e. The number of anilines is 3. The zero-order valence-corrected chi connectivity index (χ0v) is 25.4. The minimum atomic E-state index is -0.595. The second-order valence-electron chi connectivity index (χ2n) is 9.45. The van der Waals surface area contributed by atoms with Crippen molar-refractivity contribution in [2.75, 3.05) is 43.4 Å². The van der Waals surface area contributed by atoms with Gasteiger partial charge in [-0.15, -0.1) is 10.2 Å². The van der Waals surface area contributed by atoms with Crippen molar-refractivity contribution >= 4 is 45.5 Å². The Morgan fingerprint density at radius 1 is 0.644 bits per heavy atom. The van der Waals surface area contributed by atoms with Crippen LogP contribution in [0.2, 0.25) is 0 Å². The SMILES string of the molecule is CN(C)c1ccc(N=Nc2cc([N+](=O)[O-])ccc2O)c(O)c1.CN(C)c1ccc(N[N-]c2cc([N+](=O)[O-])ccc2O)c(O)c1.[Co]. The Bertz CT molecular complexity index is 1700.